The van der Waals surface area contributed by atoms with Crippen LogP contribution in [-0.2, 0) is 4.89 Å². The average Bonchev–Trinajstić information content (AvgIpc) is 2.27. The largest absolute Gasteiger partial charge is 0.373 e. The van der Waals surface area contributed by atoms with Gasteiger partial charge in [-0.1, -0.05) is 0 Å². The highest BCUT2D eigenvalue weighted by molar-refractivity contribution is 5.90. The fourth-order valence-corrected chi connectivity index (χ4v) is 0.977. The van der Waals surface area contributed by atoms with E-state index in [1.807, 2.05) is 0 Å². The first-order valence-electron chi connectivity index (χ1n) is 3.75. The maximum Gasteiger partial charge on any atom is 0.373 e. The van der Waals surface area contributed by atoms with Crippen LogP contribution in [0.4, 0.5) is 11.4 Å². The lowest BCUT2D eigenvalue weighted by Gasteiger charge is -1.97. The van der Waals surface area contributed by atoms with Crippen LogP contribution in [0.2, 0.25) is 0 Å². The average molecular weight is 228 g/mol. The van der Waals surface area contributed by atoms with E-state index in [0.717, 1.165) is 12.1 Å². The third kappa shape index (κ3) is 2.27. The zero-order valence-corrected chi connectivity index (χ0v) is 7.52. The van der Waals surface area contributed by atoms with E-state index in [9.17, 15) is 25.0 Å². The van der Waals surface area contributed by atoms with Crippen LogP contribution < -0.4 is 0 Å². The third-order valence-electron chi connectivity index (χ3n) is 1.64. The minimum atomic E-state index is -1.31. The molecule has 0 saturated heterocycles. The van der Waals surface area contributed by atoms with Gasteiger partial charge in [0.1, 0.15) is 0 Å². The monoisotopic (exact) mass is 228 g/mol. The number of carbonyl (C=O) groups excluding carboxylic acids is 1. The Morgan fingerprint density at radius 3 is 1.88 bits per heavy atom. The van der Waals surface area contributed by atoms with Crippen LogP contribution in [0.5, 0.6) is 0 Å². The summed E-state index contributed by atoms with van der Waals surface area (Å²) in [5.74, 6) is -1.31. The van der Waals surface area contributed by atoms with E-state index in [0.29, 0.717) is 6.07 Å². The highest BCUT2D eigenvalue weighted by atomic mass is 17.1. The molecule has 1 N–H and O–H groups in total. The van der Waals surface area contributed by atoms with Crippen molar-refractivity contribution in [3.05, 3.63) is 44.0 Å². The normalized spacial score (nSPS) is 9.56. The predicted molar refractivity (Wildman–Crippen MR) is 47.8 cm³/mol. The number of nitro groups is 2. The summed E-state index contributed by atoms with van der Waals surface area (Å²) in [6.45, 7) is 0. The molecule has 1 aromatic rings. The fourth-order valence-electron chi connectivity index (χ4n) is 0.977. The second-order valence-corrected chi connectivity index (χ2v) is 2.63. The van der Waals surface area contributed by atoms with E-state index >= 15 is 0 Å². The molecule has 84 valence electrons. The maximum atomic E-state index is 10.8. The Morgan fingerprint density at radius 1 is 1.12 bits per heavy atom. The van der Waals surface area contributed by atoms with Gasteiger partial charge >= 0.3 is 5.97 Å². The molecule has 0 heterocycles. The van der Waals surface area contributed by atoms with Gasteiger partial charge in [0.15, 0.2) is 0 Å². The lowest BCUT2D eigenvalue weighted by atomic mass is 10.2. The minimum Gasteiger partial charge on any atom is -0.295 e. The summed E-state index contributed by atoms with van der Waals surface area (Å²) >= 11 is 0. The first kappa shape index (κ1) is 11.5. The molecule has 16 heavy (non-hydrogen) atoms. The van der Waals surface area contributed by atoms with Gasteiger partial charge in [-0.05, 0) is 0 Å². The zero-order valence-electron chi connectivity index (χ0n) is 7.52. The van der Waals surface area contributed by atoms with Gasteiger partial charge in [0, 0.05) is 12.1 Å². The highest BCUT2D eigenvalue weighted by Crippen LogP contribution is 2.22. The summed E-state index contributed by atoms with van der Waals surface area (Å²) in [5, 5.41) is 28.9. The molecule has 1 aromatic carbocycles. The first-order valence-corrected chi connectivity index (χ1v) is 3.75. The predicted octanol–water partition coefficient (Wildman–Crippen LogP) is 1.13. The number of nitrogens with zero attached hydrogens (tertiary/aromatic N) is 2. The summed E-state index contributed by atoms with van der Waals surface area (Å²) in [6, 6.07) is 2.20. The van der Waals surface area contributed by atoms with Crippen molar-refractivity contribution >= 4 is 17.3 Å². The van der Waals surface area contributed by atoms with Gasteiger partial charge < -0.3 is 0 Å². The summed E-state index contributed by atoms with van der Waals surface area (Å²) in [4.78, 5) is 33.2. The molecule has 0 aliphatic carbocycles. The van der Waals surface area contributed by atoms with Gasteiger partial charge in [0.2, 0.25) is 0 Å². The molecule has 0 atom stereocenters. The van der Waals surface area contributed by atoms with Crippen molar-refractivity contribution in [2.24, 2.45) is 0 Å². The van der Waals surface area contributed by atoms with E-state index < -0.39 is 32.8 Å². The van der Waals surface area contributed by atoms with Crippen LogP contribution in [0.3, 0.4) is 0 Å². The zero-order chi connectivity index (χ0) is 12.3. The second-order valence-electron chi connectivity index (χ2n) is 2.63. The Labute approximate surface area is 87.1 Å². The van der Waals surface area contributed by atoms with E-state index in [1.165, 1.54) is 0 Å². The molecule has 0 bridgehead atoms. The summed E-state index contributed by atoms with van der Waals surface area (Å²) in [5.41, 5.74) is -1.77. The van der Waals surface area contributed by atoms with Crippen LogP contribution in [0.25, 0.3) is 0 Å². The molecule has 0 fully saturated rings. The van der Waals surface area contributed by atoms with Gasteiger partial charge in [-0.15, -0.1) is 0 Å². The van der Waals surface area contributed by atoms with Gasteiger partial charge in [0.05, 0.1) is 21.5 Å². The van der Waals surface area contributed by atoms with Crippen molar-refractivity contribution in [3.63, 3.8) is 0 Å². The molecule has 0 spiro atoms. The minimum absolute atomic E-state index is 0.483. The number of carbonyl (C=O) groups is 1. The van der Waals surface area contributed by atoms with Gasteiger partial charge in [-0.25, -0.2) is 4.79 Å². The number of nitro benzene ring substituents is 2. The van der Waals surface area contributed by atoms with Crippen molar-refractivity contribution in [1.29, 1.82) is 0 Å². The first-order chi connectivity index (χ1) is 7.45. The number of hydrogen-bond donors (Lipinski definition) is 1. The van der Waals surface area contributed by atoms with E-state index in [2.05, 4.69) is 4.89 Å². The fraction of sp³-hybridized carbons (Fsp3) is 0. The van der Waals surface area contributed by atoms with Crippen molar-refractivity contribution < 1.29 is 24.8 Å². The Kier molecular flexibility index (Phi) is 3.11. The summed E-state index contributed by atoms with van der Waals surface area (Å²) < 4.78 is 0. The SMILES string of the molecule is O=C(OO)c1cc([N+](=O)[O-])cc([N+](=O)[O-])c1. The number of non-ortho nitro benzene ring substituents is 2. The van der Waals surface area contributed by atoms with Crippen LogP contribution in [-0.4, -0.2) is 21.1 Å². The molecule has 1 rings (SSSR count). The van der Waals surface area contributed by atoms with E-state index in [-0.39, 0.29) is 0 Å². The van der Waals surface area contributed by atoms with Gasteiger partial charge in [-0.2, -0.15) is 5.26 Å². The quantitative estimate of drug-likeness (QED) is 0.465. The number of rotatable bonds is 3. The molecular formula is C7H4N2O7. The Morgan fingerprint density at radius 2 is 1.56 bits per heavy atom. The second kappa shape index (κ2) is 4.31. The standard InChI is InChI=1S/C7H4N2O7/c10-7(16-15)4-1-5(8(11)12)3-6(2-4)9(13)14/h1-3,15H. The molecule has 9 nitrogen and oxygen atoms in total. The lowest BCUT2D eigenvalue weighted by molar-refractivity contribution is -0.394. The van der Waals surface area contributed by atoms with Gasteiger partial charge in [-0.3, -0.25) is 25.1 Å². The third-order valence-corrected chi connectivity index (χ3v) is 1.64. The highest BCUT2D eigenvalue weighted by Gasteiger charge is 2.20. The van der Waals surface area contributed by atoms with Gasteiger partial charge in [0.25, 0.3) is 11.4 Å². The van der Waals surface area contributed by atoms with Crippen molar-refractivity contribution in [3.8, 4) is 0 Å². The molecule has 0 aliphatic rings. The molecule has 0 unspecified atom stereocenters. The number of benzene rings is 1. The topological polar surface area (TPSA) is 133 Å². The molecule has 0 aromatic heterocycles. The van der Waals surface area contributed by atoms with Crippen molar-refractivity contribution in [1.82, 2.24) is 0 Å². The molecule has 0 aliphatic heterocycles. The molecule has 9 heteroatoms. The lowest BCUT2D eigenvalue weighted by Crippen LogP contribution is -2.04. The Hall–Kier alpha value is -2.55. The maximum absolute atomic E-state index is 10.8. The molecule has 0 radical (unpaired) electrons. The summed E-state index contributed by atoms with van der Waals surface area (Å²) in [6.07, 6.45) is 0. The Balaban J connectivity index is 3.35. The smallest absolute Gasteiger partial charge is 0.295 e. The molecule has 0 saturated carbocycles. The Bertz CT molecular complexity index is 438. The molecule has 0 amide bonds. The molecular weight excluding hydrogens is 224 g/mol. The summed E-state index contributed by atoms with van der Waals surface area (Å²) in [7, 11) is 0. The van der Waals surface area contributed by atoms with E-state index in [1.54, 1.807) is 0 Å². The van der Waals surface area contributed by atoms with Crippen LogP contribution >= 0.6 is 0 Å². The van der Waals surface area contributed by atoms with Crippen LogP contribution in [0.1, 0.15) is 10.4 Å². The van der Waals surface area contributed by atoms with Crippen molar-refractivity contribution in [2.45, 2.75) is 0 Å². The van der Waals surface area contributed by atoms with Crippen molar-refractivity contribution in [2.75, 3.05) is 0 Å². The number of hydrogen-bond acceptors (Lipinski definition) is 7. The van der Waals surface area contributed by atoms with Crippen LogP contribution in [0, 0.1) is 20.2 Å². The van der Waals surface area contributed by atoms with E-state index in [4.69, 9.17) is 5.26 Å². The van der Waals surface area contributed by atoms with Crippen LogP contribution in [0.15, 0.2) is 18.2 Å².